The Morgan fingerprint density at radius 2 is 2.04 bits per heavy atom. The largest absolute Gasteiger partial charge is 0.352 e. The van der Waals surface area contributed by atoms with Gasteiger partial charge in [-0.25, -0.2) is 0 Å². The molecule has 8 heteroatoms. The number of carbonyl (C=O) groups is 2. The molecule has 1 aliphatic heterocycles. The molecule has 1 saturated heterocycles. The summed E-state index contributed by atoms with van der Waals surface area (Å²) in [7, 11) is 0. The summed E-state index contributed by atoms with van der Waals surface area (Å²) < 4.78 is 1.75. The van der Waals surface area contributed by atoms with Crippen molar-refractivity contribution in [3.05, 3.63) is 48.3 Å². The molecule has 7 nitrogen and oxygen atoms in total. The highest BCUT2D eigenvalue weighted by atomic mass is 35.5. The fourth-order valence-corrected chi connectivity index (χ4v) is 3.25. The molecule has 3 rings (SSSR count). The molecular weight excluding hydrogens is 366 g/mol. The zero-order valence-electron chi connectivity index (χ0n) is 15.4. The summed E-state index contributed by atoms with van der Waals surface area (Å²) in [5.74, 6) is -0.236. The lowest BCUT2D eigenvalue weighted by atomic mass is 9.87. The first-order valence-corrected chi connectivity index (χ1v) is 9.06. The highest BCUT2D eigenvalue weighted by molar-refractivity contribution is 5.99. The molecule has 1 aromatic carbocycles. The molecule has 1 aliphatic rings. The predicted molar refractivity (Wildman–Crippen MR) is 107 cm³/mol. The van der Waals surface area contributed by atoms with Gasteiger partial charge in [0.15, 0.2) is 0 Å². The van der Waals surface area contributed by atoms with Gasteiger partial charge in [0, 0.05) is 30.2 Å². The minimum atomic E-state index is -0.713. The van der Waals surface area contributed by atoms with Crippen LogP contribution in [0.4, 0.5) is 5.69 Å². The van der Waals surface area contributed by atoms with Gasteiger partial charge < -0.3 is 16.0 Å². The molecule has 146 valence electrons. The molecule has 0 saturated carbocycles. The van der Waals surface area contributed by atoms with E-state index in [1.807, 2.05) is 19.2 Å². The summed E-state index contributed by atoms with van der Waals surface area (Å²) in [5.41, 5.74) is 0.439. The number of nitrogens with one attached hydrogen (secondary N) is 3. The van der Waals surface area contributed by atoms with E-state index in [1.54, 1.807) is 35.1 Å². The summed E-state index contributed by atoms with van der Waals surface area (Å²) >= 11 is 0. The summed E-state index contributed by atoms with van der Waals surface area (Å²) in [6.45, 7) is 4.15. The average Bonchev–Trinajstić information content (AvgIpc) is 3.22. The molecule has 2 heterocycles. The molecule has 3 N–H and O–H groups in total. The van der Waals surface area contributed by atoms with E-state index < -0.39 is 5.54 Å². The first-order valence-electron chi connectivity index (χ1n) is 9.06. The van der Waals surface area contributed by atoms with E-state index in [4.69, 9.17) is 0 Å². The van der Waals surface area contributed by atoms with E-state index in [-0.39, 0.29) is 24.2 Å². The van der Waals surface area contributed by atoms with Gasteiger partial charge in [0.1, 0.15) is 5.54 Å². The molecular formula is C19H26ClN5O2. The normalized spacial score (nSPS) is 15.4. The Hall–Kier alpha value is -2.38. The lowest BCUT2D eigenvalue weighted by Crippen LogP contribution is -2.52. The number of halogens is 1. The third-order valence-electron chi connectivity index (χ3n) is 4.71. The van der Waals surface area contributed by atoms with Crippen molar-refractivity contribution in [3.63, 3.8) is 0 Å². The van der Waals surface area contributed by atoms with Crippen molar-refractivity contribution in [1.29, 1.82) is 0 Å². The van der Waals surface area contributed by atoms with Crippen LogP contribution in [-0.2, 0) is 10.3 Å². The zero-order chi connectivity index (χ0) is 18.4. The van der Waals surface area contributed by atoms with Crippen molar-refractivity contribution in [1.82, 2.24) is 20.4 Å². The number of amides is 2. The Bertz CT molecular complexity index is 757. The SMILES string of the molecule is CCCNC(=O)c1cccc(NC(=O)C2(n3cccn3)CCNCC2)c1.Cl. The van der Waals surface area contributed by atoms with Crippen molar-refractivity contribution < 1.29 is 9.59 Å². The minimum absolute atomic E-state index is 0. The second kappa shape index (κ2) is 9.53. The van der Waals surface area contributed by atoms with Crippen LogP contribution in [0.15, 0.2) is 42.7 Å². The van der Waals surface area contributed by atoms with Crippen molar-refractivity contribution in [2.45, 2.75) is 31.7 Å². The molecule has 0 atom stereocenters. The Labute approximate surface area is 165 Å². The summed E-state index contributed by atoms with van der Waals surface area (Å²) in [6, 6.07) is 8.86. The van der Waals surface area contributed by atoms with E-state index in [2.05, 4.69) is 21.0 Å². The van der Waals surface area contributed by atoms with Crippen molar-refractivity contribution in [2.24, 2.45) is 0 Å². The lowest BCUT2D eigenvalue weighted by molar-refractivity contribution is -0.126. The van der Waals surface area contributed by atoms with Gasteiger partial charge in [0.2, 0.25) is 0 Å². The van der Waals surface area contributed by atoms with Crippen molar-refractivity contribution >= 4 is 29.9 Å². The van der Waals surface area contributed by atoms with Gasteiger partial charge >= 0.3 is 0 Å². The third-order valence-corrected chi connectivity index (χ3v) is 4.71. The predicted octanol–water partition coefficient (Wildman–Crippen LogP) is 2.16. The standard InChI is InChI=1S/C19H25N5O2.ClH/c1-2-9-21-17(25)15-5-3-6-16(14-15)23-18(26)19(7-11-20-12-8-19)24-13-4-10-22-24;/h3-6,10,13-14,20H,2,7-9,11-12H2,1H3,(H,21,25)(H,23,26);1H. The highest BCUT2D eigenvalue weighted by Gasteiger charge is 2.42. The van der Waals surface area contributed by atoms with Crippen LogP contribution in [0.25, 0.3) is 0 Å². The van der Waals surface area contributed by atoms with Gasteiger partial charge in [-0.15, -0.1) is 12.4 Å². The Balaban J connectivity index is 0.00000261. The van der Waals surface area contributed by atoms with E-state index in [0.717, 1.165) is 19.5 Å². The molecule has 1 aromatic heterocycles. The first-order chi connectivity index (χ1) is 12.7. The minimum Gasteiger partial charge on any atom is -0.352 e. The van der Waals surface area contributed by atoms with E-state index in [1.165, 1.54) is 0 Å². The molecule has 1 fully saturated rings. The Kier molecular flexibility index (Phi) is 7.38. The quantitative estimate of drug-likeness (QED) is 0.704. The summed E-state index contributed by atoms with van der Waals surface area (Å²) in [6.07, 6.45) is 5.73. The maximum Gasteiger partial charge on any atom is 0.252 e. The van der Waals surface area contributed by atoms with Gasteiger partial charge in [-0.05, 0) is 56.6 Å². The lowest BCUT2D eigenvalue weighted by Gasteiger charge is -2.36. The monoisotopic (exact) mass is 391 g/mol. The third kappa shape index (κ3) is 4.67. The average molecular weight is 392 g/mol. The molecule has 2 amide bonds. The van der Waals surface area contributed by atoms with Crippen molar-refractivity contribution in [2.75, 3.05) is 25.0 Å². The van der Waals surface area contributed by atoms with E-state index >= 15 is 0 Å². The molecule has 2 aromatic rings. The van der Waals surface area contributed by atoms with Gasteiger partial charge in [0.25, 0.3) is 11.8 Å². The topological polar surface area (TPSA) is 88.1 Å². The number of hydrogen-bond donors (Lipinski definition) is 3. The summed E-state index contributed by atoms with van der Waals surface area (Å²) in [4.78, 5) is 25.3. The van der Waals surface area contributed by atoms with Crippen LogP contribution in [0.5, 0.6) is 0 Å². The number of carbonyl (C=O) groups excluding carboxylic acids is 2. The first kappa shape index (κ1) is 20.9. The maximum absolute atomic E-state index is 13.1. The van der Waals surface area contributed by atoms with E-state index in [9.17, 15) is 9.59 Å². The number of nitrogens with zero attached hydrogens (tertiary/aromatic N) is 2. The second-order valence-electron chi connectivity index (χ2n) is 6.52. The van der Waals surface area contributed by atoms with Crippen LogP contribution >= 0.6 is 12.4 Å². The van der Waals surface area contributed by atoms with Crippen molar-refractivity contribution in [3.8, 4) is 0 Å². The highest BCUT2D eigenvalue weighted by Crippen LogP contribution is 2.28. The molecule has 0 bridgehead atoms. The number of benzene rings is 1. The van der Waals surface area contributed by atoms with Crippen LogP contribution in [0, 0.1) is 0 Å². The van der Waals surface area contributed by atoms with Gasteiger partial charge in [0.05, 0.1) is 0 Å². The smallest absolute Gasteiger partial charge is 0.252 e. The maximum atomic E-state index is 13.1. The van der Waals surface area contributed by atoms with Gasteiger partial charge in [-0.3, -0.25) is 14.3 Å². The van der Waals surface area contributed by atoms with Crippen LogP contribution in [0.1, 0.15) is 36.5 Å². The Morgan fingerprint density at radius 3 is 2.70 bits per heavy atom. The number of piperidine rings is 1. The zero-order valence-corrected chi connectivity index (χ0v) is 16.2. The fourth-order valence-electron chi connectivity index (χ4n) is 3.25. The van der Waals surface area contributed by atoms with Crippen LogP contribution in [0.2, 0.25) is 0 Å². The van der Waals surface area contributed by atoms with Crippen LogP contribution < -0.4 is 16.0 Å². The number of hydrogen-bond acceptors (Lipinski definition) is 4. The molecule has 0 aliphatic carbocycles. The fraction of sp³-hybridized carbons (Fsp3) is 0.421. The number of aromatic nitrogens is 2. The summed E-state index contributed by atoms with van der Waals surface area (Å²) in [5, 5.41) is 13.4. The molecule has 0 radical (unpaired) electrons. The van der Waals surface area contributed by atoms with Crippen LogP contribution in [-0.4, -0.2) is 41.2 Å². The number of anilines is 1. The molecule has 27 heavy (non-hydrogen) atoms. The Morgan fingerprint density at radius 1 is 1.26 bits per heavy atom. The number of rotatable bonds is 6. The van der Waals surface area contributed by atoms with Gasteiger partial charge in [-0.1, -0.05) is 13.0 Å². The second-order valence-corrected chi connectivity index (χ2v) is 6.52. The molecule has 0 unspecified atom stereocenters. The van der Waals surface area contributed by atoms with Crippen LogP contribution in [0.3, 0.4) is 0 Å². The molecule has 0 spiro atoms. The van der Waals surface area contributed by atoms with Gasteiger partial charge in [-0.2, -0.15) is 5.10 Å². The van der Waals surface area contributed by atoms with E-state index in [0.29, 0.717) is 30.6 Å².